The maximum absolute atomic E-state index is 11.0. The van der Waals surface area contributed by atoms with Crippen molar-refractivity contribution in [1.82, 2.24) is 10.9 Å². The normalized spacial score (nSPS) is 27.7. The van der Waals surface area contributed by atoms with Crippen LogP contribution in [0.4, 0.5) is 0 Å². The SMILES string of the molecule is CC(C)c1ccc(CC2C(C)NNC2C=O)cc1. The Morgan fingerprint density at radius 2 is 1.89 bits per heavy atom. The van der Waals surface area contributed by atoms with E-state index in [1.54, 1.807) is 0 Å². The van der Waals surface area contributed by atoms with Crippen LogP contribution in [0.1, 0.15) is 37.8 Å². The fraction of sp³-hybridized carbons (Fsp3) is 0.533. The Bertz CT molecular complexity index is 399. The van der Waals surface area contributed by atoms with Crippen LogP contribution in [0.5, 0.6) is 0 Å². The molecule has 0 saturated carbocycles. The number of hydrogen-bond acceptors (Lipinski definition) is 3. The van der Waals surface area contributed by atoms with Crippen LogP contribution in [0.15, 0.2) is 24.3 Å². The lowest BCUT2D eigenvalue weighted by atomic mass is 9.88. The molecule has 1 aromatic carbocycles. The molecule has 0 spiro atoms. The van der Waals surface area contributed by atoms with E-state index < -0.39 is 0 Å². The van der Waals surface area contributed by atoms with E-state index in [9.17, 15) is 4.79 Å². The molecule has 0 aromatic heterocycles. The van der Waals surface area contributed by atoms with Gasteiger partial charge in [-0.3, -0.25) is 5.43 Å². The predicted octanol–water partition coefficient (Wildman–Crippen LogP) is 2.03. The Kier molecular flexibility index (Phi) is 4.15. The van der Waals surface area contributed by atoms with Crippen LogP contribution < -0.4 is 10.9 Å². The summed E-state index contributed by atoms with van der Waals surface area (Å²) in [6.07, 6.45) is 1.94. The Labute approximate surface area is 109 Å². The van der Waals surface area contributed by atoms with E-state index in [-0.39, 0.29) is 6.04 Å². The fourth-order valence-corrected chi connectivity index (χ4v) is 2.50. The maximum Gasteiger partial charge on any atom is 0.138 e. The van der Waals surface area contributed by atoms with E-state index in [0.717, 1.165) is 12.7 Å². The highest BCUT2D eigenvalue weighted by atomic mass is 16.1. The number of hydrazine groups is 1. The quantitative estimate of drug-likeness (QED) is 0.799. The van der Waals surface area contributed by atoms with Gasteiger partial charge in [0.25, 0.3) is 0 Å². The summed E-state index contributed by atoms with van der Waals surface area (Å²) in [4.78, 5) is 11.0. The van der Waals surface area contributed by atoms with Crippen LogP contribution in [0, 0.1) is 5.92 Å². The highest BCUT2D eigenvalue weighted by molar-refractivity contribution is 5.59. The molecular formula is C15H22N2O. The zero-order valence-electron chi connectivity index (χ0n) is 11.3. The zero-order chi connectivity index (χ0) is 13.1. The lowest BCUT2D eigenvalue weighted by molar-refractivity contribution is -0.110. The van der Waals surface area contributed by atoms with Crippen molar-refractivity contribution in [1.29, 1.82) is 0 Å². The third-order valence-corrected chi connectivity index (χ3v) is 3.85. The van der Waals surface area contributed by atoms with Crippen molar-refractivity contribution in [2.24, 2.45) is 5.92 Å². The predicted molar refractivity (Wildman–Crippen MR) is 73.3 cm³/mol. The van der Waals surface area contributed by atoms with E-state index >= 15 is 0 Å². The molecule has 3 atom stereocenters. The minimum Gasteiger partial charge on any atom is -0.302 e. The second-order valence-electron chi connectivity index (χ2n) is 5.50. The molecule has 2 rings (SSSR count). The van der Waals surface area contributed by atoms with Gasteiger partial charge in [0.05, 0.1) is 6.04 Å². The smallest absolute Gasteiger partial charge is 0.138 e. The van der Waals surface area contributed by atoms with Crippen molar-refractivity contribution in [3.63, 3.8) is 0 Å². The van der Waals surface area contributed by atoms with E-state index in [2.05, 4.69) is 55.9 Å². The number of hydrogen-bond donors (Lipinski definition) is 2. The molecule has 1 heterocycles. The molecule has 1 fully saturated rings. The maximum atomic E-state index is 11.0. The van der Waals surface area contributed by atoms with Gasteiger partial charge in [-0.05, 0) is 30.4 Å². The lowest BCUT2D eigenvalue weighted by Gasteiger charge is -2.17. The van der Waals surface area contributed by atoms with Gasteiger partial charge >= 0.3 is 0 Å². The average Bonchev–Trinajstić information content (AvgIpc) is 2.71. The number of benzene rings is 1. The molecule has 98 valence electrons. The topological polar surface area (TPSA) is 41.1 Å². The van der Waals surface area contributed by atoms with E-state index in [1.165, 1.54) is 11.1 Å². The summed E-state index contributed by atoms with van der Waals surface area (Å²) >= 11 is 0. The third kappa shape index (κ3) is 2.79. The van der Waals surface area contributed by atoms with Crippen molar-refractivity contribution in [2.75, 3.05) is 0 Å². The molecule has 3 unspecified atom stereocenters. The number of carbonyl (C=O) groups excluding carboxylic acids is 1. The van der Waals surface area contributed by atoms with E-state index in [1.807, 2.05) is 0 Å². The van der Waals surface area contributed by atoms with Gasteiger partial charge in [0.2, 0.25) is 0 Å². The molecule has 1 aromatic rings. The largest absolute Gasteiger partial charge is 0.302 e. The molecule has 18 heavy (non-hydrogen) atoms. The van der Waals surface area contributed by atoms with Crippen LogP contribution >= 0.6 is 0 Å². The van der Waals surface area contributed by atoms with Gasteiger partial charge in [0.15, 0.2) is 0 Å². The van der Waals surface area contributed by atoms with E-state index in [4.69, 9.17) is 0 Å². The van der Waals surface area contributed by atoms with Gasteiger partial charge in [-0.15, -0.1) is 0 Å². The summed E-state index contributed by atoms with van der Waals surface area (Å²) in [5.41, 5.74) is 8.84. The van der Waals surface area contributed by atoms with Gasteiger partial charge in [0, 0.05) is 12.0 Å². The Morgan fingerprint density at radius 3 is 2.44 bits per heavy atom. The molecule has 3 nitrogen and oxygen atoms in total. The molecule has 1 saturated heterocycles. The summed E-state index contributed by atoms with van der Waals surface area (Å²) in [7, 11) is 0. The molecule has 0 amide bonds. The minimum atomic E-state index is -0.0789. The van der Waals surface area contributed by atoms with Crippen LogP contribution in [0.3, 0.4) is 0 Å². The van der Waals surface area contributed by atoms with Gasteiger partial charge < -0.3 is 4.79 Å². The van der Waals surface area contributed by atoms with Crippen molar-refractivity contribution in [3.8, 4) is 0 Å². The molecule has 1 aliphatic heterocycles. The Hall–Kier alpha value is -1.19. The fourth-order valence-electron chi connectivity index (χ4n) is 2.50. The van der Waals surface area contributed by atoms with Gasteiger partial charge in [0.1, 0.15) is 6.29 Å². The van der Waals surface area contributed by atoms with E-state index in [0.29, 0.717) is 17.9 Å². The van der Waals surface area contributed by atoms with Crippen molar-refractivity contribution < 1.29 is 4.79 Å². The molecule has 0 aliphatic carbocycles. The van der Waals surface area contributed by atoms with Crippen LogP contribution in [0.25, 0.3) is 0 Å². The first-order valence-corrected chi connectivity index (χ1v) is 6.67. The van der Waals surface area contributed by atoms with Crippen molar-refractivity contribution in [3.05, 3.63) is 35.4 Å². The van der Waals surface area contributed by atoms with Gasteiger partial charge in [-0.2, -0.15) is 0 Å². The Morgan fingerprint density at radius 1 is 1.22 bits per heavy atom. The minimum absolute atomic E-state index is 0.0789. The second kappa shape index (κ2) is 5.63. The second-order valence-corrected chi connectivity index (χ2v) is 5.50. The summed E-state index contributed by atoms with van der Waals surface area (Å²) in [6, 6.07) is 8.99. The number of nitrogens with one attached hydrogen (secondary N) is 2. The van der Waals surface area contributed by atoms with Crippen LogP contribution in [-0.4, -0.2) is 18.4 Å². The van der Waals surface area contributed by atoms with Crippen molar-refractivity contribution >= 4 is 6.29 Å². The molecule has 3 heteroatoms. The Balaban J connectivity index is 2.06. The highest BCUT2D eigenvalue weighted by Crippen LogP contribution is 2.21. The first-order chi connectivity index (χ1) is 8.61. The monoisotopic (exact) mass is 246 g/mol. The highest BCUT2D eigenvalue weighted by Gasteiger charge is 2.32. The third-order valence-electron chi connectivity index (χ3n) is 3.85. The number of carbonyl (C=O) groups is 1. The molecule has 0 bridgehead atoms. The number of rotatable bonds is 4. The van der Waals surface area contributed by atoms with Crippen molar-refractivity contribution in [2.45, 2.75) is 45.2 Å². The number of aldehydes is 1. The summed E-state index contributed by atoms with van der Waals surface area (Å²) in [6.45, 7) is 6.51. The summed E-state index contributed by atoms with van der Waals surface area (Å²) in [5.74, 6) is 0.892. The zero-order valence-corrected chi connectivity index (χ0v) is 11.3. The molecule has 1 aliphatic rings. The average molecular weight is 246 g/mol. The van der Waals surface area contributed by atoms with Crippen LogP contribution in [-0.2, 0) is 11.2 Å². The standard InChI is InChI=1S/C15H22N2O/c1-10(2)13-6-4-12(5-7-13)8-14-11(3)16-17-15(14)9-18/h4-7,9-11,14-17H,8H2,1-3H3. The first-order valence-electron chi connectivity index (χ1n) is 6.67. The summed E-state index contributed by atoms with van der Waals surface area (Å²) < 4.78 is 0. The van der Waals surface area contributed by atoms with Gasteiger partial charge in [-0.1, -0.05) is 38.1 Å². The van der Waals surface area contributed by atoms with Crippen LogP contribution in [0.2, 0.25) is 0 Å². The molecule has 0 radical (unpaired) electrons. The summed E-state index contributed by atoms with van der Waals surface area (Å²) in [5, 5.41) is 0. The first kappa shape index (κ1) is 13.2. The van der Waals surface area contributed by atoms with Gasteiger partial charge in [-0.25, -0.2) is 5.43 Å². The molecular weight excluding hydrogens is 224 g/mol. The lowest BCUT2D eigenvalue weighted by Crippen LogP contribution is -2.33. The molecule has 2 N–H and O–H groups in total.